The molecule has 2 atom stereocenters. The highest BCUT2D eigenvalue weighted by Crippen LogP contribution is 2.20. The average Bonchev–Trinajstić information content (AvgIpc) is 2.76. The van der Waals surface area contributed by atoms with Gasteiger partial charge in [0.25, 0.3) is 11.9 Å². The van der Waals surface area contributed by atoms with Gasteiger partial charge in [-0.2, -0.15) is 0 Å². The molecule has 0 aliphatic carbocycles. The summed E-state index contributed by atoms with van der Waals surface area (Å²) in [5.41, 5.74) is 0.132. The number of nitrogens with zero attached hydrogens (tertiary/aromatic N) is 1. The summed E-state index contributed by atoms with van der Waals surface area (Å²) >= 11 is 11.9. The van der Waals surface area contributed by atoms with Gasteiger partial charge in [0.05, 0.1) is 36.0 Å². The fraction of sp³-hybridized carbons (Fsp3) is 0.524. The van der Waals surface area contributed by atoms with Crippen molar-refractivity contribution in [3.8, 4) is 0 Å². The molecule has 1 saturated heterocycles. The second kappa shape index (κ2) is 12.2. The Kier molecular flexibility index (Phi) is 10.0. The van der Waals surface area contributed by atoms with Gasteiger partial charge in [0.1, 0.15) is 0 Å². The molecule has 33 heavy (non-hydrogen) atoms. The van der Waals surface area contributed by atoms with Crippen LogP contribution in [0.5, 0.6) is 0 Å². The minimum Gasteiger partial charge on any atom is -0.498 e. The molecule has 2 N–H and O–H groups in total. The van der Waals surface area contributed by atoms with Crippen molar-refractivity contribution in [2.75, 3.05) is 20.1 Å². The summed E-state index contributed by atoms with van der Waals surface area (Å²) in [6, 6.07) is 4.21. The topological polar surface area (TPSA) is 114 Å². The van der Waals surface area contributed by atoms with Crippen LogP contribution in [-0.4, -0.2) is 67.9 Å². The Bertz CT molecular complexity index is 877. The molecule has 1 fully saturated rings. The third-order valence-corrected chi connectivity index (χ3v) is 5.64. The maximum Gasteiger partial charge on any atom is 0.622 e. The summed E-state index contributed by atoms with van der Waals surface area (Å²) in [6.07, 6.45) is 0.443. The number of halogens is 2. The predicted molar refractivity (Wildman–Crippen MR) is 125 cm³/mol. The first-order valence-corrected chi connectivity index (χ1v) is 11.3. The van der Waals surface area contributed by atoms with E-state index < -0.39 is 36.8 Å². The molecule has 1 unspecified atom stereocenters. The SMILES string of the molecule is CC(C)C[C@H](NC(=O)CNC(=O)c1cc(Cl)ccc1Cl)B1OC(=O)CC(C)N(C)CC(=O)O1. The lowest BCUT2D eigenvalue weighted by Gasteiger charge is -2.24. The summed E-state index contributed by atoms with van der Waals surface area (Å²) in [6.45, 7) is 5.24. The van der Waals surface area contributed by atoms with E-state index in [0.29, 0.717) is 11.4 Å². The Labute approximate surface area is 203 Å². The van der Waals surface area contributed by atoms with Crippen LogP contribution in [0.15, 0.2) is 18.2 Å². The molecule has 1 heterocycles. The van der Waals surface area contributed by atoms with Gasteiger partial charge in [0.2, 0.25) is 5.91 Å². The van der Waals surface area contributed by atoms with Gasteiger partial charge in [0, 0.05) is 11.1 Å². The molecule has 12 heteroatoms. The quantitative estimate of drug-likeness (QED) is 0.552. The van der Waals surface area contributed by atoms with Gasteiger partial charge in [-0.15, -0.1) is 0 Å². The molecule has 0 spiro atoms. The smallest absolute Gasteiger partial charge is 0.498 e. The molecule has 0 bridgehead atoms. The van der Waals surface area contributed by atoms with E-state index in [4.69, 9.17) is 32.5 Å². The average molecular weight is 500 g/mol. The molecule has 1 aromatic rings. The van der Waals surface area contributed by atoms with Crippen LogP contribution in [0.3, 0.4) is 0 Å². The number of rotatable bonds is 7. The zero-order chi connectivity index (χ0) is 24.7. The van der Waals surface area contributed by atoms with Crippen LogP contribution in [0.1, 0.15) is 44.0 Å². The lowest BCUT2D eigenvalue weighted by molar-refractivity contribution is -0.139. The first-order valence-electron chi connectivity index (χ1n) is 10.6. The number of benzene rings is 1. The third-order valence-electron chi connectivity index (χ3n) is 5.07. The van der Waals surface area contributed by atoms with Crippen molar-refractivity contribution >= 4 is 54.1 Å². The normalized spacial score (nSPS) is 18.5. The number of hydrogen-bond acceptors (Lipinski definition) is 7. The number of likely N-dealkylation sites (N-methyl/N-ethyl adjacent to an activating group) is 1. The zero-order valence-electron chi connectivity index (χ0n) is 19.0. The summed E-state index contributed by atoms with van der Waals surface area (Å²) in [7, 11) is 0.426. The third kappa shape index (κ3) is 8.53. The Balaban J connectivity index is 2.08. The van der Waals surface area contributed by atoms with E-state index in [2.05, 4.69) is 10.6 Å². The molecule has 0 radical (unpaired) electrons. The summed E-state index contributed by atoms with van der Waals surface area (Å²) in [5, 5.41) is 5.70. The van der Waals surface area contributed by atoms with Gasteiger partial charge >= 0.3 is 13.1 Å². The fourth-order valence-electron chi connectivity index (χ4n) is 3.22. The molecule has 2 rings (SSSR count). The van der Waals surface area contributed by atoms with E-state index in [0.717, 1.165) is 0 Å². The maximum absolute atomic E-state index is 12.6. The van der Waals surface area contributed by atoms with Crippen LogP contribution in [-0.2, 0) is 23.7 Å². The van der Waals surface area contributed by atoms with Crippen molar-refractivity contribution in [3.63, 3.8) is 0 Å². The number of carbonyl (C=O) groups is 4. The van der Waals surface area contributed by atoms with E-state index in [1.165, 1.54) is 12.1 Å². The van der Waals surface area contributed by atoms with Crippen molar-refractivity contribution in [2.24, 2.45) is 5.92 Å². The van der Waals surface area contributed by atoms with Crippen LogP contribution in [0.25, 0.3) is 0 Å². The highest BCUT2D eigenvalue weighted by molar-refractivity contribution is 6.51. The van der Waals surface area contributed by atoms with Crippen molar-refractivity contribution in [1.82, 2.24) is 15.5 Å². The summed E-state index contributed by atoms with van der Waals surface area (Å²) in [4.78, 5) is 51.3. The second-order valence-electron chi connectivity index (χ2n) is 8.43. The number of hydrogen-bond donors (Lipinski definition) is 2. The van der Waals surface area contributed by atoms with Crippen molar-refractivity contribution in [1.29, 1.82) is 0 Å². The van der Waals surface area contributed by atoms with Crippen LogP contribution >= 0.6 is 23.2 Å². The van der Waals surface area contributed by atoms with E-state index in [-0.39, 0.29) is 42.1 Å². The Morgan fingerprint density at radius 2 is 1.88 bits per heavy atom. The first kappa shape index (κ1) is 27.0. The highest BCUT2D eigenvalue weighted by atomic mass is 35.5. The minimum atomic E-state index is -1.28. The van der Waals surface area contributed by atoms with Crippen LogP contribution < -0.4 is 10.6 Å². The van der Waals surface area contributed by atoms with E-state index in [1.807, 2.05) is 13.8 Å². The Hall–Kier alpha value is -2.30. The molecule has 1 aliphatic heterocycles. The van der Waals surface area contributed by atoms with Crippen LogP contribution in [0.4, 0.5) is 0 Å². The predicted octanol–water partition coefficient (Wildman–Crippen LogP) is 2.09. The standard InChI is InChI=1S/C21H28BCl2N3O6/c1-12(2)7-17(22-32-19(29)8-13(3)27(4)11-20(30)33-22)26-18(28)10-25-21(31)15-9-14(23)5-6-16(15)24/h5-6,9,12-13,17H,7-8,10-11H2,1-4H3,(H,25,31)(H,26,28)/t13?,17-/m0/s1. The molecule has 2 amide bonds. The maximum atomic E-state index is 12.6. The number of nitrogens with one attached hydrogen (secondary N) is 2. The number of carbonyl (C=O) groups excluding carboxylic acids is 4. The monoisotopic (exact) mass is 499 g/mol. The van der Waals surface area contributed by atoms with E-state index in [1.54, 1.807) is 24.9 Å². The molecular formula is C21H28BCl2N3O6. The molecule has 1 aliphatic rings. The molecule has 180 valence electrons. The highest BCUT2D eigenvalue weighted by Gasteiger charge is 2.41. The van der Waals surface area contributed by atoms with E-state index >= 15 is 0 Å². The second-order valence-corrected chi connectivity index (χ2v) is 9.27. The van der Waals surface area contributed by atoms with Gasteiger partial charge in [-0.3, -0.25) is 24.1 Å². The van der Waals surface area contributed by atoms with Gasteiger partial charge < -0.3 is 19.9 Å². The van der Waals surface area contributed by atoms with Gasteiger partial charge in [-0.1, -0.05) is 37.0 Å². The zero-order valence-corrected chi connectivity index (χ0v) is 20.5. The Morgan fingerprint density at radius 1 is 1.21 bits per heavy atom. The number of amides is 2. The van der Waals surface area contributed by atoms with Crippen molar-refractivity contribution < 1.29 is 28.5 Å². The lowest BCUT2D eigenvalue weighted by Crippen LogP contribution is -2.53. The molecular weight excluding hydrogens is 472 g/mol. The van der Waals surface area contributed by atoms with Crippen LogP contribution in [0, 0.1) is 5.92 Å². The first-order chi connectivity index (χ1) is 15.5. The summed E-state index contributed by atoms with van der Waals surface area (Å²) in [5.74, 6) is -2.95. The largest absolute Gasteiger partial charge is 0.622 e. The fourth-order valence-corrected chi connectivity index (χ4v) is 3.60. The van der Waals surface area contributed by atoms with Gasteiger partial charge in [-0.25, -0.2) is 0 Å². The van der Waals surface area contributed by atoms with Crippen molar-refractivity contribution in [2.45, 2.75) is 45.6 Å². The molecule has 9 nitrogen and oxygen atoms in total. The van der Waals surface area contributed by atoms with Crippen LogP contribution in [0.2, 0.25) is 10.0 Å². The lowest BCUT2D eigenvalue weighted by atomic mass is 9.73. The Morgan fingerprint density at radius 3 is 2.55 bits per heavy atom. The van der Waals surface area contributed by atoms with E-state index in [9.17, 15) is 19.2 Å². The molecule has 1 aromatic carbocycles. The van der Waals surface area contributed by atoms with Crippen molar-refractivity contribution in [3.05, 3.63) is 33.8 Å². The summed E-state index contributed by atoms with van der Waals surface area (Å²) < 4.78 is 10.8. The molecule has 0 aromatic heterocycles. The van der Waals surface area contributed by atoms with Gasteiger partial charge in [0.15, 0.2) is 0 Å². The minimum absolute atomic E-state index is 0.0207. The molecule has 0 saturated carbocycles. The van der Waals surface area contributed by atoms with Gasteiger partial charge in [-0.05, 0) is 44.5 Å².